The lowest BCUT2D eigenvalue weighted by Gasteiger charge is -2.33. The Balaban J connectivity index is 1.42. The topological polar surface area (TPSA) is 6.48 Å². The molecule has 52 heavy (non-hydrogen) atoms. The molecule has 9 rings (SSSR count). The third-order valence-electron chi connectivity index (χ3n) is 10.1. The van der Waals surface area contributed by atoms with E-state index < -0.39 is 0 Å². The van der Waals surface area contributed by atoms with E-state index >= 15 is 0 Å². The molecule has 0 radical (unpaired) electrons. The average Bonchev–Trinajstić information content (AvgIpc) is 3.22. The number of nitrogens with zero attached hydrogens (tertiary/aromatic N) is 2. The van der Waals surface area contributed by atoms with Crippen molar-refractivity contribution >= 4 is 89.4 Å². The van der Waals surface area contributed by atoms with Crippen molar-refractivity contribution in [1.29, 1.82) is 0 Å². The predicted octanol–water partition coefficient (Wildman–Crippen LogP) is 14.5. The van der Waals surface area contributed by atoms with Gasteiger partial charge in [0.1, 0.15) is 0 Å². The van der Waals surface area contributed by atoms with Crippen LogP contribution in [-0.2, 0) is 0 Å². The molecular weight excluding hydrogens is 629 g/mol. The molecule has 0 aliphatic heterocycles. The first kappa shape index (κ1) is 31.1. The first-order valence-electron chi connectivity index (χ1n) is 17.7. The van der Waals surface area contributed by atoms with Crippen molar-refractivity contribution in [1.82, 2.24) is 0 Å². The molecule has 246 valence electrons. The van der Waals surface area contributed by atoms with Crippen LogP contribution in [0, 0.1) is 0 Å². The molecule has 0 heterocycles. The smallest absolute Gasteiger partial charge is 0.0620 e. The first-order valence-corrected chi connectivity index (χ1v) is 17.7. The molecular formula is C50H36N2. The maximum Gasteiger partial charge on any atom is 0.0620 e. The maximum absolute atomic E-state index is 4.03. The van der Waals surface area contributed by atoms with Crippen molar-refractivity contribution in [2.75, 3.05) is 9.80 Å². The molecule has 0 saturated heterocycles. The molecule has 0 N–H and O–H groups in total. The lowest BCUT2D eigenvalue weighted by molar-refractivity contribution is 1.31. The van der Waals surface area contributed by atoms with Crippen molar-refractivity contribution < 1.29 is 0 Å². The highest BCUT2D eigenvalue weighted by Crippen LogP contribution is 2.52. The van der Waals surface area contributed by atoms with Crippen LogP contribution in [0.2, 0.25) is 0 Å². The zero-order valence-corrected chi connectivity index (χ0v) is 28.8. The van der Waals surface area contributed by atoms with E-state index in [0.29, 0.717) is 0 Å². The molecule has 0 fully saturated rings. The second kappa shape index (κ2) is 13.1. The summed E-state index contributed by atoms with van der Waals surface area (Å²) >= 11 is 0. The van der Waals surface area contributed by atoms with Crippen LogP contribution in [-0.4, -0.2) is 0 Å². The lowest BCUT2D eigenvalue weighted by Crippen LogP contribution is -2.15. The number of hydrogen-bond acceptors (Lipinski definition) is 2. The van der Waals surface area contributed by atoms with Crippen LogP contribution < -0.4 is 9.80 Å². The fraction of sp³-hybridized carbons (Fsp3) is 0. The Bertz CT molecular complexity index is 2520. The van der Waals surface area contributed by atoms with Gasteiger partial charge in [0.25, 0.3) is 0 Å². The van der Waals surface area contributed by atoms with Crippen LogP contribution in [0.15, 0.2) is 195 Å². The largest absolute Gasteiger partial charge is 0.309 e. The van der Waals surface area contributed by atoms with Gasteiger partial charge in [-0.1, -0.05) is 171 Å². The van der Waals surface area contributed by atoms with E-state index in [0.717, 1.165) is 66.8 Å². The second-order valence-electron chi connectivity index (χ2n) is 13.0. The summed E-state index contributed by atoms with van der Waals surface area (Å²) in [5, 5.41) is 9.40. The lowest BCUT2D eigenvalue weighted by atomic mass is 9.94. The molecule has 0 aliphatic carbocycles. The van der Waals surface area contributed by atoms with Gasteiger partial charge in [0.2, 0.25) is 0 Å². The highest BCUT2D eigenvalue weighted by Gasteiger charge is 2.26. The summed E-state index contributed by atoms with van der Waals surface area (Å²) in [4.78, 5) is 4.90. The van der Waals surface area contributed by atoms with Crippen molar-refractivity contribution in [3.05, 3.63) is 206 Å². The van der Waals surface area contributed by atoms with Crippen LogP contribution in [0.1, 0.15) is 11.1 Å². The molecule has 9 aromatic rings. The van der Waals surface area contributed by atoms with Gasteiger partial charge in [0.15, 0.2) is 0 Å². The van der Waals surface area contributed by atoms with Gasteiger partial charge < -0.3 is 9.80 Å². The minimum atomic E-state index is 1.08. The van der Waals surface area contributed by atoms with E-state index in [1.165, 1.54) is 21.5 Å². The Morgan fingerprint density at radius 3 is 0.962 bits per heavy atom. The predicted molar refractivity (Wildman–Crippen MR) is 226 cm³/mol. The highest BCUT2D eigenvalue weighted by atomic mass is 15.2. The molecule has 2 heteroatoms. The summed E-state index contributed by atoms with van der Waals surface area (Å²) in [6.45, 7) is 8.05. The number of rotatable bonds is 8. The van der Waals surface area contributed by atoms with E-state index in [1.54, 1.807) is 0 Å². The molecule has 0 aliphatic rings. The zero-order chi connectivity index (χ0) is 35.0. The summed E-state index contributed by atoms with van der Waals surface area (Å²) in [6, 6.07) is 65.7. The zero-order valence-electron chi connectivity index (χ0n) is 28.8. The quantitative estimate of drug-likeness (QED) is 0.118. The second-order valence-corrected chi connectivity index (χ2v) is 13.0. The van der Waals surface area contributed by atoms with E-state index in [9.17, 15) is 0 Å². The Labute approximate surface area is 304 Å². The highest BCUT2D eigenvalue weighted by molar-refractivity contribution is 6.24. The Hall–Kier alpha value is -6.90. The minimum absolute atomic E-state index is 1.08. The molecule has 0 bridgehead atoms. The van der Waals surface area contributed by atoms with Gasteiger partial charge in [-0.15, -0.1) is 0 Å². The van der Waals surface area contributed by atoms with Crippen LogP contribution in [0.5, 0.6) is 0 Å². The summed E-state index contributed by atoms with van der Waals surface area (Å²) in [6.07, 6.45) is 3.80. The molecule has 0 aromatic heterocycles. The van der Waals surface area contributed by atoms with Gasteiger partial charge in [0.05, 0.1) is 22.7 Å². The standard InChI is InChI=1S/C50H36N2/c1-3-35-27-31-39(32-28-35)51(47-25-13-17-37-15-5-7-19-41(37)47)49-43-21-9-11-23-45(43)50(46-24-12-10-22-44(46)49)52(40-33-29-36(4-2)30-34-40)48-26-14-18-38-16-6-8-20-42(38)48/h3-34H,1-2H2. The van der Waals surface area contributed by atoms with Gasteiger partial charge in [-0.05, 0) is 58.3 Å². The third kappa shape index (κ3) is 5.21. The number of anilines is 6. The van der Waals surface area contributed by atoms with Crippen molar-refractivity contribution in [3.8, 4) is 0 Å². The van der Waals surface area contributed by atoms with Crippen molar-refractivity contribution in [3.63, 3.8) is 0 Å². The Morgan fingerprint density at radius 2 is 0.615 bits per heavy atom. The number of benzene rings is 9. The Kier molecular flexibility index (Phi) is 7.83. The Morgan fingerprint density at radius 1 is 0.308 bits per heavy atom. The number of fused-ring (bicyclic) bond motifs is 4. The van der Waals surface area contributed by atoms with Gasteiger partial charge in [-0.3, -0.25) is 0 Å². The third-order valence-corrected chi connectivity index (χ3v) is 10.1. The van der Waals surface area contributed by atoms with Gasteiger partial charge in [-0.25, -0.2) is 0 Å². The first-order chi connectivity index (χ1) is 25.7. The van der Waals surface area contributed by atoms with E-state index in [1.807, 2.05) is 12.2 Å². The van der Waals surface area contributed by atoms with Crippen LogP contribution in [0.4, 0.5) is 34.1 Å². The van der Waals surface area contributed by atoms with E-state index in [2.05, 4.69) is 205 Å². The van der Waals surface area contributed by atoms with Crippen LogP contribution >= 0.6 is 0 Å². The minimum Gasteiger partial charge on any atom is -0.309 e. The van der Waals surface area contributed by atoms with Crippen LogP contribution in [0.3, 0.4) is 0 Å². The van der Waals surface area contributed by atoms with Crippen molar-refractivity contribution in [2.24, 2.45) is 0 Å². The molecule has 0 atom stereocenters. The number of hydrogen-bond donors (Lipinski definition) is 0. The van der Waals surface area contributed by atoms with E-state index in [4.69, 9.17) is 0 Å². The summed E-state index contributed by atoms with van der Waals surface area (Å²) < 4.78 is 0. The average molecular weight is 665 g/mol. The van der Waals surface area contributed by atoms with Crippen LogP contribution in [0.25, 0.3) is 55.2 Å². The molecule has 0 spiro atoms. The fourth-order valence-electron chi connectivity index (χ4n) is 7.67. The fourth-order valence-corrected chi connectivity index (χ4v) is 7.67. The molecule has 9 aromatic carbocycles. The molecule has 0 unspecified atom stereocenters. The summed E-state index contributed by atoms with van der Waals surface area (Å²) in [5.74, 6) is 0. The molecule has 0 amide bonds. The normalized spacial score (nSPS) is 11.2. The van der Waals surface area contributed by atoms with Gasteiger partial charge in [-0.2, -0.15) is 0 Å². The summed E-state index contributed by atoms with van der Waals surface area (Å²) in [5.41, 5.74) is 8.85. The van der Waals surface area contributed by atoms with E-state index in [-0.39, 0.29) is 0 Å². The maximum atomic E-state index is 4.03. The van der Waals surface area contributed by atoms with Gasteiger partial charge in [0, 0.05) is 43.7 Å². The molecule has 0 saturated carbocycles. The summed E-state index contributed by atoms with van der Waals surface area (Å²) in [7, 11) is 0. The monoisotopic (exact) mass is 664 g/mol. The molecule has 2 nitrogen and oxygen atoms in total. The SMILES string of the molecule is C=Cc1ccc(N(c2cccc3ccccc23)c2c3ccccc3c(N(c3ccc(C=C)cc3)c3cccc4ccccc34)c3ccccc23)cc1. The van der Waals surface area contributed by atoms with Gasteiger partial charge >= 0.3 is 0 Å². The van der Waals surface area contributed by atoms with Crippen molar-refractivity contribution in [2.45, 2.75) is 0 Å².